The summed E-state index contributed by atoms with van der Waals surface area (Å²) in [4.78, 5) is 4.81. The fourth-order valence-corrected chi connectivity index (χ4v) is 4.94. The van der Waals surface area contributed by atoms with Gasteiger partial charge in [-0.1, -0.05) is 59.8 Å². The van der Waals surface area contributed by atoms with Crippen molar-refractivity contribution in [2.75, 3.05) is 0 Å². The maximum absolute atomic E-state index is 4.81. The number of aryl methyl sites for hydroxylation is 2. The van der Waals surface area contributed by atoms with Crippen LogP contribution in [0.4, 0.5) is 0 Å². The van der Waals surface area contributed by atoms with E-state index in [0.29, 0.717) is 0 Å². The third kappa shape index (κ3) is 3.88. The average molecular weight is 407 g/mol. The van der Waals surface area contributed by atoms with Crippen molar-refractivity contribution in [1.29, 1.82) is 0 Å². The molecule has 0 radical (unpaired) electrons. The molecule has 4 rings (SSSR count). The van der Waals surface area contributed by atoms with E-state index in [2.05, 4.69) is 83.4 Å². The van der Waals surface area contributed by atoms with E-state index in [9.17, 15) is 0 Å². The summed E-state index contributed by atoms with van der Waals surface area (Å²) in [5.74, 6) is 1.72. The van der Waals surface area contributed by atoms with E-state index in [1.165, 1.54) is 16.7 Å². The monoisotopic (exact) mass is 406 g/mol. The second-order valence-corrected chi connectivity index (χ2v) is 8.47. The van der Waals surface area contributed by atoms with Gasteiger partial charge >= 0.3 is 0 Å². The van der Waals surface area contributed by atoms with Crippen LogP contribution >= 0.6 is 23.1 Å². The van der Waals surface area contributed by atoms with Crippen molar-refractivity contribution >= 4 is 23.1 Å². The van der Waals surface area contributed by atoms with Crippen molar-refractivity contribution < 1.29 is 0 Å². The van der Waals surface area contributed by atoms with Gasteiger partial charge in [0.05, 0.1) is 5.69 Å². The van der Waals surface area contributed by atoms with Gasteiger partial charge in [0, 0.05) is 28.8 Å². The fraction of sp³-hybridized carbons (Fsp3) is 0.227. The van der Waals surface area contributed by atoms with Crippen molar-refractivity contribution in [1.82, 2.24) is 19.7 Å². The molecule has 0 amide bonds. The Bertz CT molecular complexity index is 1100. The third-order valence-corrected chi connectivity index (χ3v) is 6.53. The molecular formula is C22H22N4S2. The van der Waals surface area contributed by atoms with Crippen LogP contribution < -0.4 is 0 Å². The molecule has 2 heterocycles. The molecule has 6 heteroatoms. The predicted octanol–water partition coefficient (Wildman–Crippen LogP) is 6.00. The summed E-state index contributed by atoms with van der Waals surface area (Å²) < 4.78 is 2.18. The van der Waals surface area contributed by atoms with Crippen LogP contribution in [-0.2, 0) is 12.3 Å². The van der Waals surface area contributed by atoms with E-state index in [1.54, 1.807) is 23.1 Å². The van der Waals surface area contributed by atoms with Gasteiger partial charge in [0.25, 0.3) is 0 Å². The lowest BCUT2D eigenvalue weighted by Gasteiger charge is -2.08. The first kappa shape index (κ1) is 18.9. The van der Waals surface area contributed by atoms with Gasteiger partial charge in [-0.2, -0.15) is 0 Å². The number of thioether (sulfide) groups is 1. The molecular weight excluding hydrogens is 384 g/mol. The smallest absolute Gasteiger partial charge is 0.191 e. The minimum Gasteiger partial charge on any atom is -0.302 e. The number of benzene rings is 2. The molecule has 2 aromatic heterocycles. The molecule has 0 saturated heterocycles. The molecule has 0 atom stereocenters. The van der Waals surface area contributed by atoms with Gasteiger partial charge in [0.15, 0.2) is 11.0 Å². The first-order valence-corrected chi connectivity index (χ1v) is 11.2. The zero-order chi connectivity index (χ0) is 19.5. The number of hydrogen-bond donors (Lipinski definition) is 0. The Morgan fingerprint density at radius 2 is 1.89 bits per heavy atom. The number of rotatable bonds is 6. The maximum atomic E-state index is 4.81. The quantitative estimate of drug-likeness (QED) is 0.369. The Balaban J connectivity index is 1.53. The van der Waals surface area contributed by atoms with Crippen LogP contribution in [0, 0.1) is 13.8 Å². The number of hydrogen-bond acceptors (Lipinski definition) is 5. The van der Waals surface area contributed by atoms with Gasteiger partial charge in [0.1, 0.15) is 5.01 Å². The molecule has 0 fully saturated rings. The molecule has 142 valence electrons. The Hall–Kier alpha value is -2.44. The van der Waals surface area contributed by atoms with E-state index >= 15 is 0 Å². The predicted molar refractivity (Wildman–Crippen MR) is 118 cm³/mol. The van der Waals surface area contributed by atoms with Crippen molar-refractivity contribution in [2.45, 2.75) is 38.2 Å². The van der Waals surface area contributed by atoms with Gasteiger partial charge in [-0.15, -0.1) is 21.5 Å². The first-order chi connectivity index (χ1) is 13.7. The topological polar surface area (TPSA) is 43.6 Å². The van der Waals surface area contributed by atoms with Crippen LogP contribution in [0.2, 0.25) is 0 Å². The number of thiazole rings is 1. The Morgan fingerprint density at radius 1 is 1.04 bits per heavy atom. The maximum Gasteiger partial charge on any atom is 0.191 e. The SMILES string of the molecule is CCn1c(SCc2csc(-c3cccc(C)c3)n2)nnc1-c1ccccc1C. The Labute approximate surface area is 173 Å². The molecule has 0 saturated carbocycles. The molecule has 0 N–H and O–H groups in total. The van der Waals surface area contributed by atoms with E-state index in [-0.39, 0.29) is 0 Å². The summed E-state index contributed by atoms with van der Waals surface area (Å²) in [5, 5.41) is 13.1. The van der Waals surface area contributed by atoms with E-state index in [4.69, 9.17) is 4.98 Å². The standard InChI is InChI=1S/C22H22N4S2/c1-4-26-20(19-11-6-5-9-16(19)3)24-25-22(26)28-14-18-13-27-21(23-18)17-10-7-8-15(2)12-17/h5-13H,4,14H2,1-3H3. The molecule has 2 aromatic carbocycles. The van der Waals surface area contributed by atoms with E-state index < -0.39 is 0 Å². The molecule has 0 aliphatic carbocycles. The van der Waals surface area contributed by atoms with Crippen LogP contribution in [0.15, 0.2) is 59.1 Å². The van der Waals surface area contributed by atoms with Gasteiger partial charge in [-0.25, -0.2) is 4.98 Å². The zero-order valence-electron chi connectivity index (χ0n) is 16.2. The van der Waals surface area contributed by atoms with Crippen LogP contribution in [0.25, 0.3) is 22.0 Å². The minimum absolute atomic E-state index is 0.786. The third-order valence-electron chi connectivity index (χ3n) is 4.58. The molecule has 0 unspecified atom stereocenters. The van der Waals surface area contributed by atoms with Gasteiger partial charge < -0.3 is 4.57 Å². The number of nitrogens with zero attached hydrogens (tertiary/aromatic N) is 4. The molecule has 0 aliphatic rings. The van der Waals surface area contributed by atoms with Crippen molar-refractivity contribution in [2.24, 2.45) is 0 Å². The van der Waals surface area contributed by atoms with Gasteiger partial charge in [0.2, 0.25) is 0 Å². The summed E-state index contributed by atoms with van der Waals surface area (Å²) in [6.45, 7) is 7.19. The van der Waals surface area contributed by atoms with Crippen LogP contribution in [0.3, 0.4) is 0 Å². The summed E-state index contributed by atoms with van der Waals surface area (Å²) in [5.41, 5.74) is 5.86. The van der Waals surface area contributed by atoms with Gasteiger partial charge in [-0.3, -0.25) is 0 Å². The Kier molecular flexibility index (Phi) is 5.59. The second-order valence-electron chi connectivity index (χ2n) is 6.67. The van der Waals surface area contributed by atoms with Crippen molar-refractivity contribution in [3.63, 3.8) is 0 Å². The van der Waals surface area contributed by atoms with Crippen LogP contribution in [0.5, 0.6) is 0 Å². The lowest BCUT2D eigenvalue weighted by molar-refractivity contribution is 0.687. The van der Waals surface area contributed by atoms with Crippen LogP contribution in [0.1, 0.15) is 23.7 Å². The summed E-state index contributed by atoms with van der Waals surface area (Å²) in [7, 11) is 0. The largest absolute Gasteiger partial charge is 0.302 e. The summed E-state index contributed by atoms with van der Waals surface area (Å²) in [6, 6.07) is 16.8. The highest BCUT2D eigenvalue weighted by atomic mass is 32.2. The van der Waals surface area contributed by atoms with Crippen molar-refractivity contribution in [3.8, 4) is 22.0 Å². The highest BCUT2D eigenvalue weighted by molar-refractivity contribution is 7.98. The number of aromatic nitrogens is 4. The molecule has 4 aromatic rings. The second kappa shape index (κ2) is 8.29. The van der Waals surface area contributed by atoms with E-state index in [0.717, 1.165) is 39.5 Å². The highest BCUT2D eigenvalue weighted by Gasteiger charge is 2.15. The molecule has 0 aliphatic heterocycles. The van der Waals surface area contributed by atoms with Gasteiger partial charge in [-0.05, 0) is 32.4 Å². The Morgan fingerprint density at radius 3 is 2.68 bits per heavy atom. The van der Waals surface area contributed by atoms with Crippen LogP contribution in [-0.4, -0.2) is 19.7 Å². The summed E-state index contributed by atoms with van der Waals surface area (Å²) in [6.07, 6.45) is 0. The lowest BCUT2D eigenvalue weighted by atomic mass is 10.1. The first-order valence-electron chi connectivity index (χ1n) is 9.29. The zero-order valence-corrected chi connectivity index (χ0v) is 17.8. The molecule has 4 nitrogen and oxygen atoms in total. The summed E-state index contributed by atoms with van der Waals surface area (Å²) >= 11 is 3.38. The highest BCUT2D eigenvalue weighted by Crippen LogP contribution is 2.30. The lowest BCUT2D eigenvalue weighted by Crippen LogP contribution is -2.00. The molecule has 0 bridgehead atoms. The average Bonchev–Trinajstić information content (AvgIpc) is 3.33. The minimum atomic E-state index is 0.786. The molecule has 0 spiro atoms. The van der Waals surface area contributed by atoms with E-state index in [1.807, 2.05) is 6.07 Å². The molecule has 28 heavy (non-hydrogen) atoms. The fourth-order valence-electron chi connectivity index (χ4n) is 3.13. The van der Waals surface area contributed by atoms with Crippen molar-refractivity contribution in [3.05, 3.63) is 70.7 Å². The normalized spacial score (nSPS) is 11.1.